The molecule has 0 aliphatic carbocycles. The zero-order valence-corrected chi connectivity index (χ0v) is 16.8. The number of amides is 1. The van der Waals surface area contributed by atoms with E-state index in [1.165, 1.54) is 6.07 Å². The number of anilines is 2. The zero-order valence-electron chi connectivity index (χ0n) is 16.8. The summed E-state index contributed by atoms with van der Waals surface area (Å²) < 4.78 is 44.7. The molecule has 0 radical (unpaired) electrons. The minimum atomic E-state index is -4.96. The van der Waals surface area contributed by atoms with E-state index in [4.69, 9.17) is 4.74 Å². The van der Waals surface area contributed by atoms with Gasteiger partial charge < -0.3 is 15.0 Å². The number of esters is 1. The maximum atomic E-state index is 13.2. The van der Waals surface area contributed by atoms with Gasteiger partial charge in [0.2, 0.25) is 0 Å². The number of rotatable bonds is 6. The highest BCUT2D eigenvalue weighted by molar-refractivity contribution is 5.97. The Labute approximate surface area is 179 Å². The molecule has 1 aliphatic rings. The van der Waals surface area contributed by atoms with Gasteiger partial charge in [0, 0.05) is 25.2 Å². The molecule has 0 bridgehead atoms. The summed E-state index contributed by atoms with van der Waals surface area (Å²) in [5.41, 5.74) is -3.06. The monoisotopic (exact) mass is 453 g/mol. The molecule has 1 saturated heterocycles. The topological polar surface area (TPSA) is 128 Å². The van der Waals surface area contributed by atoms with Crippen LogP contribution in [0.5, 0.6) is 0 Å². The quantitative estimate of drug-likeness (QED) is 0.401. The molecule has 32 heavy (non-hydrogen) atoms. The Kier molecular flexibility index (Phi) is 6.55. The zero-order chi connectivity index (χ0) is 23.5. The lowest BCUT2D eigenvalue weighted by Gasteiger charge is -2.17. The molecule has 0 saturated carbocycles. The minimum absolute atomic E-state index is 0.168. The summed E-state index contributed by atoms with van der Waals surface area (Å²) in [6, 6.07) is 4.86. The van der Waals surface area contributed by atoms with Gasteiger partial charge in [-0.15, -0.1) is 10.2 Å². The molecule has 170 valence electrons. The van der Waals surface area contributed by atoms with Crippen LogP contribution in [-0.2, 0) is 15.7 Å². The summed E-state index contributed by atoms with van der Waals surface area (Å²) in [7, 11) is 0. The molecule has 13 heteroatoms. The standard InChI is InChI=1S/C19H18F3N5O5/c1-11(32-18(29)15-6-7-16(25-24-15)26-8-2-3-9-26)17(28)23-14-5-4-12(27(30)31)10-13(14)19(20,21)22/h4-7,10-11H,2-3,8-9H2,1H3,(H,23,28). The van der Waals surface area contributed by atoms with Crippen molar-refractivity contribution in [3.8, 4) is 0 Å². The van der Waals surface area contributed by atoms with Gasteiger partial charge in [-0.25, -0.2) is 4.79 Å². The third-order valence-corrected chi connectivity index (χ3v) is 4.72. The summed E-state index contributed by atoms with van der Waals surface area (Å²) in [4.78, 5) is 36.3. The molecule has 1 atom stereocenters. The van der Waals surface area contributed by atoms with Gasteiger partial charge in [-0.1, -0.05) is 0 Å². The minimum Gasteiger partial charge on any atom is -0.448 e. The van der Waals surface area contributed by atoms with Crippen LogP contribution in [0.1, 0.15) is 35.8 Å². The van der Waals surface area contributed by atoms with E-state index in [2.05, 4.69) is 10.2 Å². The third kappa shape index (κ3) is 5.28. The fourth-order valence-corrected chi connectivity index (χ4v) is 3.05. The number of hydrogen-bond acceptors (Lipinski definition) is 8. The lowest BCUT2D eigenvalue weighted by Crippen LogP contribution is -2.31. The first-order chi connectivity index (χ1) is 15.1. The van der Waals surface area contributed by atoms with E-state index in [-0.39, 0.29) is 5.69 Å². The van der Waals surface area contributed by atoms with Crippen LogP contribution in [0.3, 0.4) is 0 Å². The number of carbonyl (C=O) groups is 2. The average molecular weight is 453 g/mol. The van der Waals surface area contributed by atoms with Crippen molar-refractivity contribution in [1.82, 2.24) is 10.2 Å². The largest absolute Gasteiger partial charge is 0.448 e. The van der Waals surface area contributed by atoms with Gasteiger partial charge in [0.25, 0.3) is 11.6 Å². The van der Waals surface area contributed by atoms with E-state index in [0.29, 0.717) is 11.9 Å². The molecule has 1 N–H and O–H groups in total. The molecule has 2 heterocycles. The van der Waals surface area contributed by atoms with Crippen molar-refractivity contribution in [3.05, 3.63) is 51.7 Å². The first-order valence-corrected chi connectivity index (χ1v) is 9.52. The maximum absolute atomic E-state index is 13.2. The van der Waals surface area contributed by atoms with E-state index >= 15 is 0 Å². The highest BCUT2D eigenvalue weighted by atomic mass is 19.4. The number of nitro benzene ring substituents is 1. The normalized spacial score (nSPS) is 14.7. The Morgan fingerprint density at radius 1 is 1.19 bits per heavy atom. The molecule has 3 rings (SSSR count). The molecular weight excluding hydrogens is 435 g/mol. The van der Waals surface area contributed by atoms with Gasteiger partial charge in [-0.3, -0.25) is 14.9 Å². The van der Waals surface area contributed by atoms with Crippen molar-refractivity contribution >= 4 is 29.1 Å². The fraction of sp³-hybridized carbons (Fsp3) is 0.368. The van der Waals surface area contributed by atoms with Crippen LogP contribution in [0, 0.1) is 10.1 Å². The molecule has 1 aliphatic heterocycles. The van der Waals surface area contributed by atoms with Crippen LogP contribution in [-0.4, -0.2) is 46.2 Å². The first kappa shape index (κ1) is 22.9. The molecule has 1 unspecified atom stereocenters. The molecule has 1 amide bonds. The van der Waals surface area contributed by atoms with Crippen LogP contribution in [0.4, 0.5) is 30.4 Å². The summed E-state index contributed by atoms with van der Waals surface area (Å²) in [5.74, 6) is -1.44. The lowest BCUT2D eigenvalue weighted by atomic mass is 10.1. The molecular formula is C19H18F3N5O5. The average Bonchev–Trinajstić information content (AvgIpc) is 3.28. The maximum Gasteiger partial charge on any atom is 0.418 e. The van der Waals surface area contributed by atoms with Crippen molar-refractivity contribution in [2.75, 3.05) is 23.3 Å². The summed E-state index contributed by atoms with van der Waals surface area (Å²) in [6.07, 6.45) is -4.37. The predicted octanol–water partition coefficient (Wildman–Crippen LogP) is 3.19. The van der Waals surface area contributed by atoms with Crippen molar-refractivity contribution in [3.63, 3.8) is 0 Å². The smallest absolute Gasteiger partial charge is 0.418 e. The van der Waals surface area contributed by atoms with Crippen molar-refractivity contribution in [1.29, 1.82) is 0 Å². The number of benzene rings is 1. The van der Waals surface area contributed by atoms with Gasteiger partial charge in [0.05, 0.1) is 16.2 Å². The van der Waals surface area contributed by atoms with Crippen LogP contribution < -0.4 is 10.2 Å². The van der Waals surface area contributed by atoms with Gasteiger partial charge in [0.1, 0.15) is 0 Å². The van der Waals surface area contributed by atoms with Crippen LogP contribution in [0.2, 0.25) is 0 Å². The van der Waals surface area contributed by atoms with E-state index in [0.717, 1.165) is 45.0 Å². The van der Waals surface area contributed by atoms with E-state index < -0.39 is 46.0 Å². The number of nitrogens with one attached hydrogen (secondary N) is 1. The first-order valence-electron chi connectivity index (χ1n) is 9.52. The number of hydrogen-bond donors (Lipinski definition) is 1. The Morgan fingerprint density at radius 3 is 2.44 bits per heavy atom. The van der Waals surface area contributed by atoms with Gasteiger partial charge >= 0.3 is 12.1 Å². The summed E-state index contributed by atoms with van der Waals surface area (Å²) in [5, 5.41) is 20.5. The van der Waals surface area contributed by atoms with E-state index in [1.54, 1.807) is 6.07 Å². The Morgan fingerprint density at radius 2 is 1.88 bits per heavy atom. The second-order valence-corrected chi connectivity index (χ2v) is 6.99. The molecule has 0 spiro atoms. The third-order valence-electron chi connectivity index (χ3n) is 4.72. The second kappa shape index (κ2) is 9.16. The lowest BCUT2D eigenvalue weighted by molar-refractivity contribution is -0.385. The molecule has 1 fully saturated rings. The molecule has 2 aromatic rings. The number of carbonyl (C=O) groups excluding carboxylic acids is 2. The van der Waals surface area contributed by atoms with Crippen LogP contribution in [0.25, 0.3) is 0 Å². The SMILES string of the molecule is CC(OC(=O)c1ccc(N2CCCC2)nn1)C(=O)Nc1ccc([N+](=O)[O-])cc1C(F)(F)F. The molecule has 10 nitrogen and oxygen atoms in total. The van der Waals surface area contributed by atoms with Gasteiger partial charge in [-0.05, 0) is 38.0 Å². The highest BCUT2D eigenvalue weighted by Gasteiger charge is 2.36. The van der Waals surface area contributed by atoms with Crippen molar-refractivity contribution < 1.29 is 32.4 Å². The number of aromatic nitrogens is 2. The van der Waals surface area contributed by atoms with Crippen molar-refractivity contribution in [2.45, 2.75) is 32.0 Å². The summed E-state index contributed by atoms with van der Waals surface area (Å²) >= 11 is 0. The Balaban J connectivity index is 1.67. The van der Waals surface area contributed by atoms with E-state index in [9.17, 15) is 32.9 Å². The molecule has 1 aromatic carbocycles. The van der Waals surface area contributed by atoms with Crippen LogP contribution in [0.15, 0.2) is 30.3 Å². The van der Waals surface area contributed by atoms with E-state index in [1.807, 2.05) is 10.2 Å². The fourth-order valence-electron chi connectivity index (χ4n) is 3.05. The predicted molar refractivity (Wildman–Crippen MR) is 105 cm³/mol. The number of non-ortho nitro benzene ring substituents is 1. The van der Waals surface area contributed by atoms with Crippen molar-refractivity contribution in [2.24, 2.45) is 0 Å². The second-order valence-electron chi connectivity index (χ2n) is 6.99. The number of alkyl halides is 3. The van der Waals surface area contributed by atoms with Gasteiger partial charge in [0.15, 0.2) is 17.6 Å². The number of nitrogens with zero attached hydrogens (tertiary/aromatic N) is 4. The number of nitro groups is 1. The highest BCUT2D eigenvalue weighted by Crippen LogP contribution is 2.37. The van der Waals surface area contributed by atoms with Crippen LogP contribution >= 0.6 is 0 Å². The summed E-state index contributed by atoms with van der Waals surface area (Å²) in [6.45, 7) is 2.83. The Hall–Kier alpha value is -3.77. The number of halogens is 3. The Bertz CT molecular complexity index is 1020. The van der Waals surface area contributed by atoms with Gasteiger partial charge in [-0.2, -0.15) is 13.2 Å². The number of ether oxygens (including phenoxy) is 1. The molecule has 1 aromatic heterocycles.